The molecule has 4 heteroatoms. The van der Waals surface area contributed by atoms with Crippen LogP contribution >= 0.6 is 0 Å². The van der Waals surface area contributed by atoms with Gasteiger partial charge in [-0.25, -0.2) is 0 Å². The molecule has 0 unspecified atom stereocenters. The van der Waals surface area contributed by atoms with E-state index in [0.29, 0.717) is 18.7 Å². The van der Waals surface area contributed by atoms with E-state index in [9.17, 15) is 9.90 Å². The van der Waals surface area contributed by atoms with E-state index in [0.717, 1.165) is 30.4 Å². The van der Waals surface area contributed by atoms with Gasteiger partial charge in [-0.15, -0.1) is 0 Å². The van der Waals surface area contributed by atoms with E-state index in [1.54, 1.807) is 12.4 Å². The van der Waals surface area contributed by atoms with Crippen molar-refractivity contribution in [2.75, 3.05) is 19.7 Å². The zero-order valence-corrected chi connectivity index (χ0v) is 15.0. The van der Waals surface area contributed by atoms with E-state index in [4.69, 9.17) is 0 Å². The molecule has 1 aromatic carbocycles. The van der Waals surface area contributed by atoms with Gasteiger partial charge in [0.15, 0.2) is 0 Å². The topological polar surface area (TPSA) is 53.4 Å². The normalized spacial score (nSPS) is 16.7. The molecule has 1 amide bonds. The Hall–Kier alpha value is -2.20. The smallest absolute Gasteiger partial charge is 0.255 e. The fourth-order valence-electron chi connectivity index (χ4n) is 3.45. The Morgan fingerprint density at radius 3 is 2.44 bits per heavy atom. The van der Waals surface area contributed by atoms with Gasteiger partial charge >= 0.3 is 0 Å². The van der Waals surface area contributed by atoms with Crippen molar-refractivity contribution >= 4 is 5.91 Å². The summed E-state index contributed by atoms with van der Waals surface area (Å²) in [4.78, 5) is 19.0. The van der Waals surface area contributed by atoms with Crippen molar-refractivity contribution < 1.29 is 9.90 Å². The van der Waals surface area contributed by atoms with Crippen LogP contribution < -0.4 is 0 Å². The average molecular weight is 338 g/mol. The van der Waals surface area contributed by atoms with Gasteiger partial charge in [0.05, 0.1) is 5.56 Å². The Balaban J connectivity index is 1.75. The van der Waals surface area contributed by atoms with Crippen LogP contribution in [0.25, 0.3) is 11.1 Å². The van der Waals surface area contributed by atoms with Crippen molar-refractivity contribution in [3.05, 3.63) is 53.9 Å². The number of amides is 1. The largest absolute Gasteiger partial charge is 0.396 e. The van der Waals surface area contributed by atoms with Crippen molar-refractivity contribution in [2.45, 2.75) is 33.1 Å². The fourth-order valence-corrected chi connectivity index (χ4v) is 3.45. The van der Waals surface area contributed by atoms with E-state index in [1.807, 2.05) is 11.0 Å². The molecule has 2 heterocycles. The highest BCUT2D eigenvalue weighted by atomic mass is 16.3. The molecule has 1 fully saturated rings. The predicted octanol–water partition coefficient (Wildman–Crippen LogP) is 3.68. The average Bonchev–Trinajstić information content (AvgIpc) is 2.68. The molecule has 1 N–H and O–H groups in total. The Bertz CT molecular complexity index is 726. The number of aryl methyl sites for hydroxylation is 1. The van der Waals surface area contributed by atoms with E-state index in [-0.39, 0.29) is 17.9 Å². The highest BCUT2D eigenvalue weighted by Gasteiger charge is 2.34. The number of piperidine rings is 1. The van der Waals surface area contributed by atoms with Gasteiger partial charge in [0.1, 0.15) is 0 Å². The van der Waals surface area contributed by atoms with Gasteiger partial charge in [0.2, 0.25) is 0 Å². The third-order valence-corrected chi connectivity index (χ3v) is 5.57. The number of carbonyl (C=O) groups is 1. The van der Waals surface area contributed by atoms with Gasteiger partial charge < -0.3 is 10.0 Å². The molecule has 3 rings (SSSR count). The standard InChI is InChI=1S/C21H26N2O2/c1-3-21(15-24)8-10-23(11-9-21)20(25)19-12-18(13-22-14-19)17-6-4-16(2)5-7-17/h4-7,12-14,24H,3,8-11,15H2,1-2H3. The molecule has 132 valence electrons. The molecular weight excluding hydrogens is 312 g/mol. The molecule has 4 nitrogen and oxygen atoms in total. The molecule has 0 saturated carbocycles. The van der Waals surface area contributed by atoms with E-state index in [1.165, 1.54) is 5.56 Å². The van der Waals surface area contributed by atoms with Crippen LogP contribution in [0.3, 0.4) is 0 Å². The maximum atomic E-state index is 12.8. The van der Waals surface area contributed by atoms with Crippen LogP contribution in [-0.2, 0) is 0 Å². The molecule has 0 bridgehead atoms. The van der Waals surface area contributed by atoms with E-state index >= 15 is 0 Å². The number of carbonyl (C=O) groups excluding carboxylic acids is 1. The molecule has 25 heavy (non-hydrogen) atoms. The number of pyridine rings is 1. The molecule has 1 aliphatic heterocycles. The number of nitrogens with zero attached hydrogens (tertiary/aromatic N) is 2. The second-order valence-electron chi connectivity index (χ2n) is 7.13. The van der Waals surface area contributed by atoms with Crippen molar-refractivity contribution in [1.82, 2.24) is 9.88 Å². The summed E-state index contributed by atoms with van der Waals surface area (Å²) >= 11 is 0. The number of aliphatic hydroxyl groups is 1. The van der Waals surface area contributed by atoms with Crippen molar-refractivity contribution in [2.24, 2.45) is 5.41 Å². The molecule has 0 atom stereocenters. The van der Waals surface area contributed by atoms with Crippen LogP contribution in [-0.4, -0.2) is 40.6 Å². The lowest BCUT2D eigenvalue weighted by Crippen LogP contribution is -2.44. The SMILES string of the molecule is CCC1(CO)CCN(C(=O)c2cncc(-c3ccc(C)cc3)c2)CC1. The van der Waals surface area contributed by atoms with Gasteiger partial charge in [0, 0.05) is 37.7 Å². The summed E-state index contributed by atoms with van der Waals surface area (Å²) < 4.78 is 0. The van der Waals surface area contributed by atoms with E-state index in [2.05, 4.69) is 43.1 Å². The minimum absolute atomic E-state index is 0.0151. The number of benzene rings is 1. The lowest BCUT2D eigenvalue weighted by atomic mass is 9.77. The summed E-state index contributed by atoms with van der Waals surface area (Å²) in [6, 6.07) is 10.2. The lowest BCUT2D eigenvalue weighted by Gasteiger charge is -2.40. The Morgan fingerprint density at radius 2 is 1.84 bits per heavy atom. The monoisotopic (exact) mass is 338 g/mol. The van der Waals surface area contributed by atoms with Crippen molar-refractivity contribution in [1.29, 1.82) is 0 Å². The minimum Gasteiger partial charge on any atom is -0.396 e. The summed E-state index contributed by atoms with van der Waals surface area (Å²) in [7, 11) is 0. The van der Waals surface area contributed by atoms with Gasteiger partial charge in [0.25, 0.3) is 5.91 Å². The first-order valence-corrected chi connectivity index (χ1v) is 8.99. The lowest BCUT2D eigenvalue weighted by molar-refractivity contribution is 0.0338. The highest BCUT2D eigenvalue weighted by Crippen LogP contribution is 2.34. The Morgan fingerprint density at radius 1 is 1.16 bits per heavy atom. The molecule has 0 aliphatic carbocycles. The van der Waals surface area contributed by atoms with Crippen LogP contribution in [0.1, 0.15) is 42.1 Å². The van der Waals surface area contributed by atoms with Crippen LogP contribution in [0.15, 0.2) is 42.7 Å². The van der Waals surface area contributed by atoms with Gasteiger partial charge in [-0.3, -0.25) is 9.78 Å². The summed E-state index contributed by atoms with van der Waals surface area (Å²) in [6.45, 7) is 5.77. The third kappa shape index (κ3) is 3.74. The third-order valence-electron chi connectivity index (χ3n) is 5.57. The first-order chi connectivity index (χ1) is 12.1. The van der Waals surface area contributed by atoms with Crippen LogP contribution in [0, 0.1) is 12.3 Å². The maximum absolute atomic E-state index is 12.8. The second kappa shape index (κ2) is 7.36. The van der Waals surface area contributed by atoms with Crippen molar-refractivity contribution in [3.63, 3.8) is 0 Å². The van der Waals surface area contributed by atoms with Gasteiger partial charge in [-0.05, 0) is 43.2 Å². The first kappa shape index (κ1) is 17.6. The van der Waals surface area contributed by atoms with Crippen LogP contribution in [0.5, 0.6) is 0 Å². The van der Waals surface area contributed by atoms with E-state index < -0.39 is 0 Å². The molecule has 0 spiro atoms. The van der Waals surface area contributed by atoms with Gasteiger partial charge in [-0.2, -0.15) is 0 Å². The summed E-state index contributed by atoms with van der Waals surface area (Å²) in [5.41, 5.74) is 3.85. The molecule has 1 saturated heterocycles. The zero-order chi connectivity index (χ0) is 17.9. The number of rotatable bonds is 4. The summed E-state index contributed by atoms with van der Waals surface area (Å²) in [6.07, 6.45) is 6.11. The van der Waals surface area contributed by atoms with Crippen molar-refractivity contribution in [3.8, 4) is 11.1 Å². The minimum atomic E-state index is -0.0151. The number of likely N-dealkylation sites (tertiary alicyclic amines) is 1. The molecule has 0 radical (unpaired) electrons. The summed E-state index contributed by atoms with van der Waals surface area (Å²) in [5.74, 6) is 0.0316. The number of aliphatic hydroxyl groups excluding tert-OH is 1. The molecule has 1 aromatic heterocycles. The Kier molecular flexibility index (Phi) is 5.19. The molecule has 1 aliphatic rings. The molecule has 2 aromatic rings. The second-order valence-corrected chi connectivity index (χ2v) is 7.13. The van der Waals surface area contributed by atoms with Gasteiger partial charge in [-0.1, -0.05) is 36.8 Å². The zero-order valence-electron chi connectivity index (χ0n) is 15.0. The quantitative estimate of drug-likeness (QED) is 0.925. The highest BCUT2D eigenvalue weighted by molar-refractivity contribution is 5.95. The maximum Gasteiger partial charge on any atom is 0.255 e. The van der Waals surface area contributed by atoms with Crippen LogP contribution in [0.4, 0.5) is 0 Å². The first-order valence-electron chi connectivity index (χ1n) is 8.99. The molecular formula is C21H26N2O2. The summed E-state index contributed by atoms with van der Waals surface area (Å²) in [5, 5.41) is 9.65. The van der Waals surface area contributed by atoms with Crippen LogP contribution in [0.2, 0.25) is 0 Å². The number of hydrogen-bond donors (Lipinski definition) is 1. The number of aromatic nitrogens is 1. The fraction of sp³-hybridized carbons (Fsp3) is 0.429. The number of hydrogen-bond acceptors (Lipinski definition) is 3. The Labute approximate surface area is 149 Å². The predicted molar refractivity (Wildman–Crippen MR) is 99.4 cm³/mol.